The van der Waals surface area contributed by atoms with Crippen molar-refractivity contribution in [2.75, 3.05) is 43.4 Å². The van der Waals surface area contributed by atoms with Gasteiger partial charge >= 0.3 is 0 Å². The van der Waals surface area contributed by atoms with Gasteiger partial charge in [-0.05, 0) is 66.0 Å². The van der Waals surface area contributed by atoms with Crippen molar-refractivity contribution < 1.29 is 0 Å². The first-order chi connectivity index (χ1) is 17.5. The number of nitrogens with one attached hydrogen (secondary N) is 2. The molecular weight excluding hydrogens is 446 g/mol. The van der Waals surface area contributed by atoms with E-state index in [0.29, 0.717) is 5.41 Å². The third-order valence-corrected chi connectivity index (χ3v) is 7.68. The molecule has 2 aliphatic heterocycles. The van der Waals surface area contributed by atoms with Crippen molar-refractivity contribution in [3.63, 3.8) is 0 Å². The predicted octanol–water partition coefficient (Wildman–Crippen LogP) is 4.90. The zero-order valence-corrected chi connectivity index (χ0v) is 21.5. The van der Waals surface area contributed by atoms with E-state index in [9.17, 15) is 0 Å². The quantitative estimate of drug-likeness (QED) is 0.432. The molecule has 7 heteroatoms. The highest BCUT2D eigenvalue weighted by molar-refractivity contribution is 5.88. The van der Waals surface area contributed by atoms with Gasteiger partial charge in [-0.15, -0.1) is 0 Å². The van der Waals surface area contributed by atoms with Crippen molar-refractivity contribution in [1.82, 2.24) is 25.1 Å². The third-order valence-electron chi connectivity index (χ3n) is 7.68. The highest BCUT2D eigenvalue weighted by atomic mass is 15.3. The SMILES string of the molecule is C=Cc1ccnc(N2CCC3(CC2)CNC3)c1.CNc1cc2cc(-c3cnn(C)c3C)ccc2cn1. The van der Waals surface area contributed by atoms with Crippen LogP contribution in [0.15, 0.2) is 61.6 Å². The maximum Gasteiger partial charge on any atom is 0.129 e. The van der Waals surface area contributed by atoms with Crippen LogP contribution in [0.5, 0.6) is 0 Å². The number of hydrogen-bond acceptors (Lipinski definition) is 6. The van der Waals surface area contributed by atoms with E-state index in [1.54, 1.807) is 0 Å². The summed E-state index contributed by atoms with van der Waals surface area (Å²) in [5, 5.41) is 13.1. The Bertz CT molecular complexity index is 1360. The average Bonchev–Trinajstić information content (AvgIpc) is 3.25. The van der Waals surface area contributed by atoms with Crippen LogP contribution in [0.25, 0.3) is 28.0 Å². The largest absolute Gasteiger partial charge is 0.373 e. The maximum atomic E-state index is 4.47. The minimum atomic E-state index is 0.604. The summed E-state index contributed by atoms with van der Waals surface area (Å²) in [5.41, 5.74) is 5.29. The van der Waals surface area contributed by atoms with E-state index in [1.807, 2.05) is 49.5 Å². The van der Waals surface area contributed by atoms with Gasteiger partial charge in [0, 0.05) is 69.3 Å². The summed E-state index contributed by atoms with van der Waals surface area (Å²) in [5.74, 6) is 1.98. The van der Waals surface area contributed by atoms with Crippen LogP contribution in [0.3, 0.4) is 0 Å². The Labute approximate surface area is 213 Å². The summed E-state index contributed by atoms with van der Waals surface area (Å²) < 4.78 is 1.89. The van der Waals surface area contributed by atoms with Crippen LogP contribution in [0.4, 0.5) is 11.6 Å². The number of rotatable bonds is 4. The van der Waals surface area contributed by atoms with Crippen LogP contribution in [0.2, 0.25) is 0 Å². The molecule has 6 rings (SSSR count). The van der Waals surface area contributed by atoms with Gasteiger partial charge in [-0.1, -0.05) is 24.8 Å². The molecule has 0 unspecified atom stereocenters. The second-order valence-electron chi connectivity index (χ2n) is 9.89. The standard InChI is InChI=1S/C15H16N4.C14H19N3/c1-10-14(9-18-19(10)3)11-4-5-12-8-17-15(16-2)7-13(12)6-11;1-2-12-3-6-16-13(9-12)17-7-4-14(5-8-17)10-15-11-14/h4-9H,1-3H3,(H,16,17);2-3,6,9,15H,1,4-5,7-8,10-11H2. The van der Waals surface area contributed by atoms with Crippen molar-refractivity contribution in [1.29, 1.82) is 0 Å². The van der Waals surface area contributed by atoms with E-state index in [2.05, 4.69) is 74.4 Å². The van der Waals surface area contributed by atoms with Crippen LogP contribution < -0.4 is 15.5 Å². The molecule has 0 atom stereocenters. The van der Waals surface area contributed by atoms with Gasteiger partial charge in [0.25, 0.3) is 0 Å². The Hall–Kier alpha value is -3.71. The Morgan fingerprint density at radius 2 is 1.83 bits per heavy atom. The summed E-state index contributed by atoms with van der Waals surface area (Å²) in [6.07, 6.45) is 10.1. The zero-order chi connectivity index (χ0) is 25.1. The van der Waals surface area contributed by atoms with Crippen LogP contribution in [0, 0.1) is 12.3 Å². The first-order valence-electron chi connectivity index (χ1n) is 12.6. The zero-order valence-electron chi connectivity index (χ0n) is 21.5. The number of anilines is 2. The highest BCUT2D eigenvalue weighted by Gasteiger charge is 2.39. The number of nitrogens with zero attached hydrogens (tertiary/aromatic N) is 5. The van der Waals surface area contributed by atoms with Crippen molar-refractivity contribution in [3.8, 4) is 11.1 Å². The van der Waals surface area contributed by atoms with Gasteiger partial charge in [0.05, 0.1) is 6.20 Å². The lowest BCUT2D eigenvalue weighted by Crippen LogP contribution is -2.58. The fourth-order valence-electron chi connectivity index (χ4n) is 5.00. The van der Waals surface area contributed by atoms with Gasteiger partial charge < -0.3 is 15.5 Å². The number of fused-ring (bicyclic) bond motifs is 1. The molecule has 3 aromatic heterocycles. The van der Waals surface area contributed by atoms with E-state index in [0.717, 1.165) is 35.7 Å². The fraction of sp³-hybridized carbons (Fsp3) is 0.345. The van der Waals surface area contributed by atoms with Gasteiger partial charge in [-0.3, -0.25) is 4.68 Å². The van der Waals surface area contributed by atoms with Gasteiger partial charge in [-0.25, -0.2) is 9.97 Å². The third kappa shape index (κ3) is 4.84. The molecule has 2 aliphatic rings. The normalized spacial score (nSPS) is 16.2. The van der Waals surface area contributed by atoms with Crippen molar-refractivity contribution in [2.24, 2.45) is 12.5 Å². The predicted molar refractivity (Wildman–Crippen MR) is 149 cm³/mol. The molecule has 2 saturated heterocycles. The Morgan fingerprint density at radius 3 is 2.47 bits per heavy atom. The molecule has 4 aromatic rings. The van der Waals surface area contributed by atoms with Crippen LogP contribution >= 0.6 is 0 Å². The number of piperidine rings is 1. The number of aromatic nitrogens is 4. The van der Waals surface area contributed by atoms with Crippen LogP contribution in [0.1, 0.15) is 24.1 Å². The molecule has 2 fully saturated rings. The number of hydrogen-bond donors (Lipinski definition) is 2. The number of aryl methyl sites for hydroxylation is 1. The van der Waals surface area contributed by atoms with Crippen molar-refractivity contribution in [3.05, 3.63) is 72.8 Å². The molecule has 0 saturated carbocycles. The molecule has 7 nitrogen and oxygen atoms in total. The van der Waals surface area contributed by atoms with Crippen molar-refractivity contribution >= 4 is 28.5 Å². The topological polar surface area (TPSA) is 70.9 Å². The van der Waals surface area contributed by atoms with E-state index < -0.39 is 0 Å². The van der Waals surface area contributed by atoms with Gasteiger partial charge in [0.2, 0.25) is 0 Å². The second-order valence-corrected chi connectivity index (χ2v) is 9.89. The summed E-state index contributed by atoms with van der Waals surface area (Å²) in [6, 6.07) is 12.6. The van der Waals surface area contributed by atoms with Crippen molar-refractivity contribution in [2.45, 2.75) is 19.8 Å². The van der Waals surface area contributed by atoms with E-state index in [4.69, 9.17) is 0 Å². The lowest BCUT2D eigenvalue weighted by Gasteiger charge is -2.48. The van der Waals surface area contributed by atoms with E-state index in [-0.39, 0.29) is 0 Å². The molecule has 0 amide bonds. The minimum Gasteiger partial charge on any atom is -0.373 e. The van der Waals surface area contributed by atoms with Gasteiger partial charge in [0.15, 0.2) is 0 Å². The number of pyridine rings is 2. The van der Waals surface area contributed by atoms with Crippen LogP contribution in [-0.2, 0) is 7.05 Å². The van der Waals surface area contributed by atoms with Gasteiger partial charge in [-0.2, -0.15) is 5.10 Å². The first-order valence-corrected chi connectivity index (χ1v) is 12.6. The Morgan fingerprint density at radius 1 is 1.03 bits per heavy atom. The monoisotopic (exact) mass is 481 g/mol. The molecular formula is C29H35N7. The molecule has 1 aromatic carbocycles. The molecule has 1 spiro atoms. The molecule has 5 heterocycles. The molecule has 36 heavy (non-hydrogen) atoms. The van der Waals surface area contributed by atoms with Gasteiger partial charge in [0.1, 0.15) is 11.6 Å². The smallest absolute Gasteiger partial charge is 0.129 e. The fourth-order valence-corrected chi connectivity index (χ4v) is 5.00. The van der Waals surface area contributed by atoms with E-state index >= 15 is 0 Å². The van der Waals surface area contributed by atoms with E-state index in [1.165, 1.54) is 48.1 Å². The molecule has 186 valence electrons. The summed E-state index contributed by atoms with van der Waals surface area (Å²) in [7, 11) is 3.84. The molecule has 0 bridgehead atoms. The molecule has 0 radical (unpaired) electrons. The second kappa shape index (κ2) is 10.1. The molecule has 0 aliphatic carbocycles. The Kier molecular flexibility index (Phi) is 6.74. The lowest BCUT2D eigenvalue weighted by molar-refractivity contribution is 0.126. The Balaban J connectivity index is 0.000000149. The minimum absolute atomic E-state index is 0.604. The lowest BCUT2D eigenvalue weighted by atomic mass is 9.73. The summed E-state index contributed by atoms with van der Waals surface area (Å²) in [4.78, 5) is 11.2. The number of benzene rings is 1. The van der Waals surface area contributed by atoms with Crippen LogP contribution in [-0.4, -0.2) is 53.0 Å². The summed E-state index contributed by atoms with van der Waals surface area (Å²) >= 11 is 0. The highest BCUT2D eigenvalue weighted by Crippen LogP contribution is 2.36. The first kappa shape index (κ1) is 24.0. The molecule has 2 N–H and O–H groups in total. The summed E-state index contributed by atoms with van der Waals surface area (Å²) in [6.45, 7) is 10.6. The average molecular weight is 482 g/mol. The maximum absolute atomic E-state index is 4.47.